The van der Waals surface area contributed by atoms with Crippen LogP contribution in [0.1, 0.15) is 44.4 Å². The third-order valence-electron chi connectivity index (χ3n) is 7.71. The first kappa shape index (κ1) is 26.9. The highest BCUT2D eigenvalue weighted by atomic mass is 16.3. The van der Waals surface area contributed by atoms with Crippen molar-refractivity contribution < 1.29 is 9.90 Å². The molecule has 5 nitrogen and oxygen atoms in total. The van der Waals surface area contributed by atoms with E-state index in [1.54, 1.807) is 19.2 Å². The van der Waals surface area contributed by atoms with E-state index < -0.39 is 11.6 Å². The van der Waals surface area contributed by atoms with Gasteiger partial charge in [0.1, 0.15) is 5.54 Å². The number of aliphatic hydroxyl groups excluding tert-OH is 1. The van der Waals surface area contributed by atoms with Gasteiger partial charge in [0.15, 0.2) is 0 Å². The SMILES string of the molecule is CNC(=O)c1ccc2cc(C(O)C=Cc3cn(C(c4ccccc4)(c4ccccc4)c4ccccc4)cn3)ccc2c1. The molecule has 0 radical (unpaired) electrons. The van der Waals surface area contributed by atoms with E-state index in [0.29, 0.717) is 5.56 Å². The van der Waals surface area contributed by atoms with Gasteiger partial charge in [-0.3, -0.25) is 4.79 Å². The van der Waals surface area contributed by atoms with Crippen molar-refractivity contribution in [3.63, 3.8) is 0 Å². The maximum Gasteiger partial charge on any atom is 0.251 e. The molecule has 0 fully saturated rings. The van der Waals surface area contributed by atoms with E-state index in [1.165, 1.54) is 0 Å². The minimum atomic E-state index is -0.819. The zero-order valence-electron chi connectivity index (χ0n) is 23.3. The predicted molar refractivity (Wildman–Crippen MR) is 168 cm³/mol. The highest BCUT2D eigenvalue weighted by Gasteiger charge is 2.38. The summed E-state index contributed by atoms with van der Waals surface area (Å²) in [5.74, 6) is -0.126. The minimum Gasteiger partial charge on any atom is -0.384 e. The zero-order valence-corrected chi connectivity index (χ0v) is 23.3. The van der Waals surface area contributed by atoms with Crippen molar-refractivity contribution in [1.82, 2.24) is 14.9 Å². The van der Waals surface area contributed by atoms with Crippen LogP contribution in [0.25, 0.3) is 16.8 Å². The Morgan fingerprint density at radius 2 is 1.33 bits per heavy atom. The first-order valence-electron chi connectivity index (χ1n) is 13.9. The minimum absolute atomic E-state index is 0.126. The fraction of sp³-hybridized carbons (Fsp3) is 0.0811. The lowest BCUT2D eigenvalue weighted by atomic mass is 9.77. The van der Waals surface area contributed by atoms with Gasteiger partial charge in [-0.15, -0.1) is 0 Å². The van der Waals surface area contributed by atoms with E-state index in [1.807, 2.05) is 67.1 Å². The Balaban J connectivity index is 1.36. The number of rotatable bonds is 8. The number of benzene rings is 5. The van der Waals surface area contributed by atoms with E-state index >= 15 is 0 Å². The summed E-state index contributed by atoms with van der Waals surface area (Å²) in [7, 11) is 1.62. The van der Waals surface area contributed by atoms with Crippen LogP contribution in [0.3, 0.4) is 0 Å². The maximum atomic E-state index is 12.0. The standard InChI is InChI=1S/C37H31N3O2/c1-38-36(42)30-20-18-27-23-29(19-17-28(27)24-30)35(41)22-21-34-25-40(26-39-34)37(31-11-5-2-6-12-31,32-13-7-3-8-14-32)33-15-9-4-10-16-33/h2-26,35,41H,1H3,(H,38,42). The Kier molecular flexibility index (Phi) is 7.50. The van der Waals surface area contributed by atoms with Crippen molar-refractivity contribution in [3.8, 4) is 0 Å². The van der Waals surface area contributed by atoms with Crippen LogP contribution < -0.4 is 5.32 Å². The van der Waals surface area contributed by atoms with Crippen molar-refractivity contribution >= 4 is 22.8 Å². The highest BCUT2D eigenvalue weighted by molar-refractivity contribution is 5.98. The normalized spacial score (nSPS) is 12.4. The van der Waals surface area contributed by atoms with Gasteiger partial charge in [-0.05, 0) is 63.4 Å². The van der Waals surface area contributed by atoms with Gasteiger partial charge in [-0.1, -0.05) is 109 Å². The highest BCUT2D eigenvalue weighted by Crippen LogP contribution is 2.40. The van der Waals surface area contributed by atoms with Crippen LogP contribution in [-0.2, 0) is 5.54 Å². The average Bonchev–Trinajstić information content (AvgIpc) is 3.54. The summed E-state index contributed by atoms with van der Waals surface area (Å²) in [5.41, 5.74) is 4.80. The number of nitrogens with zero attached hydrogens (tertiary/aromatic N) is 2. The number of fused-ring (bicyclic) bond motifs is 1. The fourth-order valence-electron chi connectivity index (χ4n) is 5.63. The van der Waals surface area contributed by atoms with Crippen molar-refractivity contribution in [2.24, 2.45) is 0 Å². The Morgan fingerprint density at radius 1 is 0.786 bits per heavy atom. The van der Waals surface area contributed by atoms with Crippen LogP contribution >= 0.6 is 0 Å². The topological polar surface area (TPSA) is 67.2 Å². The number of imidazole rings is 1. The van der Waals surface area contributed by atoms with Crippen LogP contribution in [0.15, 0.2) is 146 Å². The summed E-state index contributed by atoms with van der Waals surface area (Å²) < 4.78 is 2.15. The number of aliphatic hydroxyl groups is 1. The molecule has 2 N–H and O–H groups in total. The molecule has 0 aliphatic carbocycles. The molecule has 5 heteroatoms. The second-order valence-corrected chi connectivity index (χ2v) is 10.2. The summed E-state index contributed by atoms with van der Waals surface area (Å²) in [6.07, 6.45) is 6.67. The molecule has 6 rings (SSSR count). The third-order valence-corrected chi connectivity index (χ3v) is 7.71. The van der Waals surface area contributed by atoms with E-state index in [2.05, 4.69) is 82.7 Å². The van der Waals surface area contributed by atoms with E-state index in [-0.39, 0.29) is 5.91 Å². The molecule has 1 heterocycles. The predicted octanol–water partition coefficient (Wildman–Crippen LogP) is 6.98. The number of hydrogen-bond donors (Lipinski definition) is 2. The second kappa shape index (κ2) is 11.7. The molecule has 42 heavy (non-hydrogen) atoms. The molecule has 1 unspecified atom stereocenters. The van der Waals surface area contributed by atoms with Gasteiger partial charge in [0.2, 0.25) is 0 Å². The lowest BCUT2D eigenvalue weighted by Crippen LogP contribution is -2.36. The molecule has 1 aromatic heterocycles. The van der Waals surface area contributed by atoms with Crippen molar-refractivity contribution in [1.29, 1.82) is 0 Å². The summed E-state index contributed by atoms with van der Waals surface area (Å²) in [6, 6.07) is 42.7. The molecule has 0 saturated heterocycles. The van der Waals surface area contributed by atoms with Gasteiger partial charge in [-0.25, -0.2) is 4.98 Å². The Labute approximate surface area is 245 Å². The Hall–Kier alpha value is -5.26. The van der Waals surface area contributed by atoms with Crippen molar-refractivity contribution in [3.05, 3.63) is 180 Å². The average molecular weight is 550 g/mol. The van der Waals surface area contributed by atoms with Crippen molar-refractivity contribution in [2.45, 2.75) is 11.6 Å². The monoisotopic (exact) mass is 549 g/mol. The first-order valence-corrected chi connectivity index (χ1v) is 13.9. The van der Waals surface area contributed by atoms with Gasteiger partial charge < -0.3 is 15.0 Å². The number of carbonyl (C=O) groups excluding carboxylic acids is 1. The number of carbonyl (C=O) groups is 1. The van der Waals surface area contributed by atoms with Crippen LogP contribution in [-0.4, -0.2) is 27.6 Å². The molecule has 0 saturated carbocycles. The van der Waals surface area contributed by atoms with Gasteiger partial charge >= 0.3 is 0 Å². The van der Waals surface area contributed by atoms with Crippen LogP contribution in [0.5, 0.6) is 0 Å². The van der Waals surface area contributed by atoms with Crippen LogP contribution in [0.4, 0.5) is 0 Å². The summed E-state index contributed by atoms with van der Waals surface area (Å²) in [4.78, 5) is 16.7. The molecule has 1 atom stereocenters. The number of hydrogen-bond acceptors (Lipinski definition) is 3. The number of nitrogens with one attached hydrogen (secondary N) is 1. The van der Waals surface area contributed by atoms with Gasteiger partial charge in [0.25, 0.3) is 5.91 Å². The lowest BCUT2D eigenvalue weighted by Gasteiger charge is -2.37. The van der Waals surface area contributed by atoms with Crippen molar-refractivity contribution in [2.75, 3.05) is 7.05 Å². The summed E-state index contributed by atoms with van der Waals surface area (Å²) in [6.45, 7) is 0. The van der Waals surface area contributed by atoms with E-state index in [0.717, 1.165) is 38.7 Å². The third kappa shape index (κ3) is 5.02. The van der Waals surface area contributed by atoms with Gasteiger partial charge in [-0.2, -0.15) is 0 Å². The molecule has 1 amide bonds. The quantitative estimate of drug-likeness (QED) is 0.201. The van der Waals surface area contributed by atoms with E-state index in [4.69, 9.17) is 4.98 Å². The van der Waals surface area contributed by atoms with Gasteiger partial charge in [0, 0.05) is 18.8 Å². The molecule has 0 bridgehead atoms. The van der Waals surface area contributed by atoms with E-state index in [9.17, 15) is 9.90 Å². The summed E-state index contributed by atoms with van der Waals surface area (Å²) >= 11 is 0. The fourth-order valence-corrected chi connectivity index (χ4v) is 5.63. The molecule has 5 aromatic carbocycles. The smallest absolute Gasteiger partial charge is 0.251 e. The number of aromatic nitrogens is 2. The molecule has 206 valence electrons. The molecule has 0 spiro atoms. The zero-order chi connectivity index (χ0) is 28.9. The molecular formula is C37H31N3O2. The Morgan fingerprint density at radius 3 is 1.90 bits per heavy atom. The first-order chi connectivity index (χ1) is 20.6. The molecule has 0 aliphatic heterocycles. The molecule has 6 aromatic rings. The van der Waals surface area contributed by atoms with Crippen LogP contribution in [0, 0.1) is 0 Å². The van der Waals surface area contributed by atoms with Crippen LogP contribution in [0.2, 0.25) is 0 Å². The Bertz CT molecular complexity index is 1750. The second-order valence-electron chi connectivity index (χ2n) is 10.2. The molecule has 0 aliphatic rings. The summed E-state index contributed by atoms with van der Waals surface area (Å²) in [5, 5.41) is 15.6. The maximum absolute atomic E-state index is 12.0. The lowest BCUT2D eigenvalue weighted by molar-refractivity contribution is 0.0963. The molecular weight excluding hydrogens is 518 g/mol. The largest absolute Gasteiger partial charge is 0.384 e. The number of amides is 1. The van der Waals surface area contributed by atoms with Gasteiger partial charge in [0.05, 0.1) is 18.1 Å².